The van der Waals surface area contributed by atoms with Crippen molar-refractivity contribution >= 4 is 31.6 Å². The fourth-order valence-corrected chi connectivity index (χ4v) is 5.01. The summed E-state index contributed by atoms with van der Waals surface area (Å²) in [4.78, 5) is 0.258. The Kier molecular flexibility index (Phi) is 5.00. The van der Waals surface area contributed by atoms with Gasteiger partial charge in [0.25, 0.3) is 0 Å². The molecule has 0 unspecified atom stereocenters. The van der Waals surface area contributed by atoms with Gasteiger partial charge in [-0.3, -0.25) is 0 Å². The van der Waals surface area contributed by atoms with Gasteiger partial charge >= 0.3 is 0 Å². The summed E-state index contributed by atoms with van der Waals surface area (Å²) in [5.74, 6) is 0. The number of nitrogens with one attached hydrogen (secondary N) is 1. The summed E-state index contributed by atoms with van der Waals surface area (Å²) in [6.07, 6.45) is 5.77. The second-order valence-electron chi connectivity index (χ2n) is 6.31. The molecule has 0 spiro atoms. The molecule has 0 radical (unpaired) electrons. The van der Waals surface area contributed by atoms with Crippen molar-refractivity contribution in [1.82, 2.24) is 4.72 Å². The van der Waals surface area contributed by atoms with Gasteiger partial charge in [-0.1, -0.05) is 42.1 Å². The zero-order valence-corrected chi connectivity index (χ0v) is 15.0. The monoisotopic (exact) mass is 374 g/mol. The molecule has 1 aromatic carbocycles. The van der Waals surface area contributed by atoms with Crippen molar-refractivity contribution in [2.45, 2.75) is 50.8 Å². The van der Waals surface area contributed by atoms with E-state index in [9.17, 15) is 8.42 Å². The summed E-state index contributed by atoms with van der Waals surface area (Å²) in [7, 11) is -3.53. The van der Waals surface area contributed by atoms with E-state index in [1.807, 2.05) is 0 Å². The van der Waals surface area contributed by atoms with Crippen LogP contribution in [0, 0.1) is 12.3 Å². The molecule has 0 saturated heterocycles. The predicted octanol–water partition coefficient (Wildman–Crippen LogP) is 3.59. The van der Waals surface area contributed by atoms with Crippen molar-refractivity contribution in [3.8, 4) is 0 Å². The minimum Gasteiger partial charge on any atom is -0.398 e. The maximum atomic E-state index is 12.6. The van der Waals surface area contributed by atoms with E-state index < -0.39 is 10.0 Å². The SMILES string of the molecule is Cc1c(N)cc(Br)cc1S(=O)(=O)NCC1(C)CCCCC1. The summed E-state index contributed by atoms with van der Waals surface area (Å²) in [6.45, 7) is 4.39. The van der Waals surface area contributed by atoms with Crippen LogP contribution < -0.4 is 10.5 Å². The van der Waals surface area contributed by atoms with Crippen molar-refractivity contribution in [3.05, 3.63) is 22.2 Å². The van der Waals surface area contributed by atoms with Crippen molar-refractivity contribution in [1.29, 1.82) is 0 Å². The molecule has 2 rings (SSSR count). The van der Waals surface area contributed by atoms with Crippen molar-refractivity contribution in [2.24, 2.45) is 5.41 Å². The molecule has 0 bridgehead atoms. The van der Waals surface area contributed by atoms with E-state index in [4.69, 9.17) is 5.73 Å². The third kappa shape index (κ3) is 3.99. The molecule has 21 heavy (non-hydrogen) atoms. The van der Waals surface area contributed by atoms with E-state index in [-0.39, 0.29) is 10.3 Å². The highest BCUT2D eigenvalue weighted by Crippen LogP contribution is 2.35. The quantitative estimate of drug-likeness (QED) is 0.790. The summed E-state index contributed by atoms with van der Waals surface area (Å²) in [5.41, 5.74) is 7.00. The van der Waals surface area contributed by atoms with E-state index in [0.29, 0.717) is 22.3 Å². The first-order chi connectivity index (χ1) is 9.73. The fourth-order valence-electron chi connectivity index (χ4n) is 2.88. The van der Waals surface area contributed by atoms with Gasteiger partial charge in [-0.25, -0.2) is 13.1 Å². The van der Waals surface area contributed by atoms with Crippen LogP contribution in [0.2, 0.25) is 0 Å². The molecule has 4 nitrogen and oxygen atoms in total. The standard InChI is InChI=1S/C15H23BrN2O2S/c1-11-13(17)8-12(16)9-14(11)21(19,20)18-10-15(2)6-4-3-5-7-15/h8-9,18H,3-7,10,17H2,1-2H3. The number of anilines is 1. The van der Waals surface area contributed by atoms with E-state index in [1.165, 1.54) is 19.3 Å². The van der Waals surface area contributed by atoms with Crippen LogP contribution in [0.4, 0.5) is 5.69 Å². The summed E-state index contributed by atoms with van der Waals surface area (Å²) in [6, 6.07) is 3.33. The molecule has 3 N–H and O–H groups in total. The zero-order valence-electron chi connectivity index (χ0n) is 12.6. The zero-order chi connectivity index (χ0) is 15.7. The second kappa shape index (κ2) is 6.26. The number of hydrogen-bond donors (Lipinski definition) is 2. The van der Waals surface area contributed by atoms with Gasteiger partial charge < -0.3 is 5.73 Å². The van der Waals surface area contributed by atoms with Gasteiger partial charge in [-0.15, -0.1) is 0 Å². The lowest BCUT2D eigenvalue weighted by atomic mass is 9.76. The molecule has 1 fully saturated rings. The van der Waals surface area contributed by atoms with E-state index in [0.717, 1.165) is 12.8 Å². The minimum absolute atomic E-state index is 0.0663. The Morgan fingerprint density at radius 3 is 2.52 bits per heavy atom. The highest BCUT2D eigenvalue weighted by atomic mass is 79.9. The smallest absolute Gasteiger partial charge is 0.240 e. The molecule has 0 aromatic heterocycles. The van der Waals surface area contributed by atoms with Crippen molar-refractivity contribution in [2.75, 3.05) is 12.3 Å². The van der Waals surface area contributed by atoms with Crippen LogP contribution in [0.15, 0.2) is 21.5 Å². The number of nitrogens with two attached hydrogens (primary N) is 1. The van der Waals surface area contributed by atoms with Crippen LogP contribution >= 0.6 is 15.9 Å². The number of nitrogen functional groups attached to an aromatic ring is 1. The molecular weight excluding hydrogens is 352 g/mol. The van der Waals surface area contributed by atoms with Crippen LogP contribution in [-0.2, 0) is 10.0 Å². The molecule has 0 heterocycles. The highest BCUT2D eigenvalue weighted by Gasteiger charge is 2.29. The van der Waals surface area contributed by atoms with Crippen LogP contribution in [0.3, 0.4) is 0 Å². The van der Waals surface area contributed by atoms with Gasteiger partial charge in [0.1, 0.15) is 0 Å². The molecule has 1 aliphatic rings. The van der Waals surface area contributed by atoms with Crippen molar-refractivity contribution in [3.63, 3.8) is 0 Å². The number of hydrogen-bond acceptors (Lipinski definition) is 3. The third-order valence-corrected chi connectivity index (χ3v) is 6.39. The Hall–Kier alpha value is -0.590. The Bertz CT molecular complexity index is 623. The van der Waals surface area contributed by atoms with Gasteiger partial charge in [0.05, 0.1) is 4.90 Å². The highest BCUT2D eigenvalue weighted by molar-refractivity contribution is 9.10. The Morgan fingerprint density at radius 2 is 1.90 bits per heavy atom. The molecular formula is C15H23BrN2O2S. The third-order valence-electron chi connectivity index (χ3n) is 4.40. The first-order valence-corrected chi connectivity index (χ1v) is 9.56. The lowest BCUT2D eigenvalue weighted by Gasteiger charge is -2.33. The van der Waals surface area contributed by atoms with Gasteiger partial charge in [-0.05, 0) is 42.9 Å². The second-order valence-corrected chi connectivity index (χ2v) is 8.97. The maximum Gasteiger partial charge on any atom is 0.240 e. The number of rotatable bonds is 4. The summed E-state index contributed by atoms with van der Waals surface area (Å²) in [5, 5.41) is 0. The summed E-state index contributed by atoms with van der Waals surface area (Å²) < 4.78 is 28.6. The van der Waals surface area contributed by atoms with Gasteiger partial charge in [0.15, 0.2) is 0 Å². The first-order valence-electron chi connectivity index (χ1n) is 7.29. The van der Waals surface area contributed by atoms with E-state index in [2.05, 4.69) is 27.6 Å². The first kappa shape index (κ1) is 16.8. The fraction of sp³-hybridized carbons (Fsp3) is 0.600. The molecule has 118 valence electrons. The molecule has 0 atom stereocenters. The lowest BCUT2D eigenvalue weighted by molar-refractivity contribution is 0.219. The van der Waals surface area contributed by atoms with Gasteiger partial charge in [0.2, 0.25) is 10.0 Å². The van der Waals surface area contributed by atoms with Crippen LogP contribution in [0.25, 0.3) is 0 Å². The van der Waals surface area contributed by atoms with E-state index in [1.54, 1.807) is 19.1 Å². The molecule has 0 aliphatic heterocycles. The van der Waals surface area contributed by atoms with Crippen LogP contribution in [-0.4, -0.2) is 15.0 Å². The summed E-state index contributed by atoms with van der Waals surface area (Å²) >= 11 is 3.31. The van der Waals surface area contributed by atoms with Crippen LogP contribution in [0.1, 0.15) is 44.6 Å². The minimum atomic E-state index is -3.53. The van der Waals surface area contributed by atoms with Gasteiger partial charge in [-0.2, -0.15) is 0 Å². The molecule has 1 aliphatic carbocycles. The maximum absolute atomic E-state index is 12.6. The topological polar surface area (TPSA) is 72.2 Å². The molecule has 1 aromatic rings. The molecule has 0 amide bonds. The Balaban J connectivity index is 2.19. The largest absolute Gasteiger partial charge is 0.398 e. The molecule has 6 heteroatoms. The van der Waals surface area contributed by atoms with Gasteiger partial charge in [0, 0.05) is 16.7 Å². The molecule has 1 saturated carbocycles. The average molecular weight is 375 g/mol. The lowest BCUT2D eigenvalue weighted by Crippen LogP contribution is -2.37. The normalized spacial score (nSPS) is 18.6. The number of halogens is 1. The number of sulfonamides is 1. The predicted molar refractivity (Wildman–Crippen MR) is 89.7 cm³/mol. The Labute approximate surface area is 135 Å². The Morgan fingerprint density at radius 1 is 1.29 bits per heavy atom. The average Bonchev–Trinajstić information content (AvgIpc) is 2.42. The van der Waals surface area contributed by atoms with Crippen LogP contribution in [0.5, 0.6) is 0 Å². The van der Waals surface area contributed by atoms with E-state index >= 15 is 0 Å². The van der Waals surface area contributed by atoms with Crippen molar-refractivity contribution < 1.29 is 8.42 Å². The number of benzene rings is 1.